The van der Waals surface area contributed by atoms with Crippen LogP contribution >= 0.6 is 0 Å². The molecule has 0 unspecified atom stereocenters. The molecule has 1 aromatic heterocycles. The summed E-state index contributed by atoms with van der Waals surface area (Å²) in [6, 6.07) is 4.00. The van der Waals surface area contributed by atoms with Crippen molar-refractivity contribution in [3.05, 3.63) is 29.6 Å². The second kappa shape index (κ2) is 4.68. The number of aromatic nitrogens is 1. The van der Waals surface area contributed by atoms with Gasteiger partial charge in [-0.25, -0.2) is 0 Å². The van der Waals surface area contributed by atoms with Crippen molar-refractivity contribution in [3.63, 3.8) is 0 Å². The highest BCUT2D eigenvalue weighted by atomic mass is 16.1. The third-order valence-corrected chi connectivity index (χ3v) is 1.27. The van der Waals surface area contributed by atoms with E-state index in [1.807, 2.05) is 26.0 Å². The molecule has 0 saturated carbocycles. The Labute approximate surface area is 60.9 Å². The Bertz CT molecular complexity index is 177. The number of hydrogen-bond donors (Lipinski definition) is 0. The van der Waals surface area contributed by atoms with Crippen LogP contribution in [0.3, 0.4) is 0 Å². The molecule has 0 fully saturated rings. The number of rotatable bonds is 0. The number of nitrogens with zero attached hydrogens (tertiary/aromatic N) is 1. The van der Waals surface area contributed by atoms with Gasteiger partial charge in [-0.1, -0.05) is 6.07 Å². The zero-order chi connectivity index (χ0) is 7.98. The molecule has 0 saturated heterocycles. The van der Waals surface area contributed by atoms with Crippen LogP contribution < -0.4 is 0 Å². The van der Waals surface area contributed by atoms with Gasteiger partial charge in [0.15, 0.2) is 0 Å². The largest absolute Gasteiger partial charge is 0.307 e. The maximum atomic E-state index is 8.00. The summed E-state index contributed by atoms with van der Waals surface area (Å²) in [6.45, 7) is 6.07. The zero-order valence-electron chi connectivity index (χ0n) is 6.29. The van der Waals surface area contributed by atoms with Crippen molar-refractivity contribution < 1.29 is 4.79 Å². The molecule has 0 aromatic carbocycles. The van der Waals surface area contributed by atoms with Crippen molar-refractivity contribution in [2.24, 2.45) is 0 Å². The normalized spacial score (nSPS) is 7.80. The summed E-state index contributed by atoms with van der Waals surface area (Å²) < 4.78 is 0. The molecule has 0 atom stereocenters. The molecule has 0 N–H and O–H groups in total. The molecule has 1 aromatic rings. The van der Waals surface area contributed by atoms with E-state index in [2.05, 4.69) is 18.0 Å². The summed E-state index contributed by atoms with van der Waals surface area (Å²) in [5.74, 6) is 0. The maximum Gasteiger partial charge on any atom is 0.106 e. The molecule has 0 spiro atoms. The van der Waals surface area contributed by atoms with E-state index >= 15 is 0 Å². The standard InChI is InChI=1S/C7H9N.CH2O/c1-6-4-3-5-8-7(6)2;1-2/h3-5H,1-2H3;1H2. The average molecular weight is 137 g/mol. The molecule has 0 radical (unpaired) electrons. The minimum Gasteiger partial charge on any atom is -0.307 e. The van der Waals surface area contributed by atoms with E-state index in [-0.39, 0.29) is 0 Å². The van der Waals surface area contributed by atoms with Crippen molar-refractivity contribution in [1.29, 1.82) is 0 Å². The molecule has 0 amide bonds. The molecule has 0 aliphatic heterocycles. The lowest BCUT2D eigenvalue weighted by Crippen LogP contribution is -1.81. The van der Waals surface area contributed by atoms with Crippen LogP contribution in [0.5, 0.6) is 0 Å². The monoisotopic (exact) mass is 137 g/mol. The molecule has 0 bridgehead atoms. The molecule has 0 aliphatic carbocycles. The topological polar surface area (TPSA) is 30.0 Å². The molecular formula is C8H11NO. The van der Waals surface area contributed by atoms with E-state index in [1.54, 1.807) is 0 Å². The van der Waals surface area contributed by atoms with Gasteiger partial charge in [-0.3, -0.25) is 4.98 Å². The summed E-state index contributed by atoms with van der Waals surface area (Å²) in [5, 5.41) is 0. The first-order valence-electron chi connectivity index (χ1n) is 2.98. The second-order valence-electron chi connectivity index (χ2n) is 1.91. The van der Waals surface area contributed by atoms with E-state index in [1.165, 1.54) is 5.56 Å². The molecular weight excluding hydrogens is 126 g/mol. The van der Waals surface area contributed by atoms with E-state index in [0.717, 1.165) is 5.69 Å². The SMILES string of the molecule is C=O.Cc1cccnc1C. The van der Waals surface area contributed by atoms with E-state index in [9.17, 15) is 0 Å². The van der Waals surface area contributed by atoms with Crippen LogP contribution in [-0.4, -0.2) is 11.8 Å². The van der Waals surface area contributed by atoms with Crippen molar-refractivity contribution in [1.82, 2.24) is 4.98 Å². The van der Waals surface area contributed by atoms with Crippen molar-refractivity contribution >= 4 is 6.79 Å². The number of aryl methyl sites for hydroxylation is 2. The smallest absolute Gasteiger partial charge is 0.106 e. The summed E-state index contributed by atoms with van der Waals surface area (Å²) >= 11 is 0. The number of hydrogen-bond acceptors (Lipinski definition) is 2. The molecule has 2 nitrogen and oxygen atoms in total. The quantitative estimate of drug-likeness (QED) is 0.542. The lowest BCUT2D eigenvalue weighted by Gasteiger charge is -1.92. The molecule has 1 heterocycles. The van der Waals surface area contributed by atoms with Crippen molar-refractivity contribution in [3.8, 4) is 0 Å². The Morgan fingerprint density at radius 1 is 1.40 bits per heavy atom. The molecule has 10 heavy (non-hydrogen) atoms. The van der Waals surface area contributed by atoms with Crippen LogP contribution in [0.2, 0.25) is 0 Å². The van der Waals surface area contributed by atoms with Gasteiger partial charge in [0.2, 0.25) is 0 Å². The highest BCUT2D eigenvalue weighted by Crippen LogP contribution is 1.98. The van der Waals surface area contributed by atoms with Gasteiger partial charge < -0.3 is 4.79 Å². The lowest BCUT2D eigenvalue weighted by atomic mass is 10.2. The molecule has 54 valence electrons. The highest BCUT2D eigenvalue weighted by molar-refractivity contribution is 5.15. The van der Waals surface area contributed by atoms with Gasteiger partial charge in [0.25, 0.3) is 0 Å². The fourth-order valence-electron chi connectivity index (χ4n) is 0.565. The van der Waals surface area contributed by atoms with Crippen molar-refractivity contribution in [2.45, 2.75) is 13.8 Å². The second-order valence-corrected chi connectivity index (χ2v) is 1.91. The first-order valence-corrected chi connectivity index (χ1v) is 2.98. The van der Waals surface area contributed by atoms with E-state index in [0.29, 0.717) is 0 Å². The van der Waals surface area contributed by atoms with Gasteiger partial charge in [-0.05, 0) is 25.5 Å². The van der Waals surface area contributed by atoms with Gasteiger partial charge in [0.05, 0.1) is 0 Å². The molecule has 1 rings (SSSR count). The molecule has 2 heteroatoms. The van der Waals surface area contributed by atoms with Crippen LogP contribution in [0.4, 0.5) is 0 Å². The zero-order valence-corrected chi connectivity index (χ0v) is 6.29. The average Bonchev–Trinajstić information content (AvgIpc) is 2.00. The first kappa shape index (κ1) is 8.82. The maximum absolute atomic E-state index is 8.00. The van der Waals surface area contributed by atoms with Crippen LogP contribution in [0.25, 0.3) is 0 Å². The summed E-state index contributed by atoms with van der Waals surface area (Å²) in [4.78, 5) is 12.1. The van der Waals surface area contributed by atoms with Crippen molar-refractivity contribution in [2.75, 3.05) is 0 Å². The summed E-state index contributed by atoms with van der Waals surface area (Å²) in [6.07, 6.45) is 1.81. The van der Waals surface area contributed by atoms with E-state index in [4.69, 9.17) is 4.79 Å². The fraction of sp³-hybridized carbons (Fsp3) is 0.250. The molecule has 0 aliphatic rings. The van der Waals surface area contributed by atoms with Gasteiger partial charge in [-0.2, -0.15) is 0 Å². The third kappa shape index (κ3) is 2.40. The highest BCUT2D eigenvalue weighted by Gasteiger charge is 1.85. The Morgan fingerprint density at radius 3 is 2.30 bits per heavy atom. The fourth-order valence-corrected chi connectivity index (χ4v) is 0.565. The summed E-state index contributed by atoms with van der Waals surface area (Å²) in [7, 11) is 0. The van der Waals surface area contributed by atoms with Crippen LogP contribution in [0, 0.1) is 13.8 Å². The Morgan fingerprint density at radius 2 is 2.00 bits per heavy atom. The Hall–Kier alpha value is -1.18. The minimum absolute atomic E-state index is 1.12. The van der Waals surface area contributed by atoms with Crippen LogP contribution in [0.1, 0.15) is 11.3 Å². The number of carbonyl (C=O) groups excluding carboxylic acids is 1. The van der Waals surface area contributed by atoms with Gasteiger partial charge >= 0.3 is 0 Å². The third-order valence-electron chi connectivity index (χ3n) is 1.27. The minimum atomic E-state index is 1.12. The first-order chi connectivity index (χ1) is 4.80. The number of pyridine rings is 1. The van der Waals surface area contributed by atoms with Gasteiger partial charge in [0, 0.05) is 11.9 Å². The number of carbonyl (C=O) groups is 1. The van der Waals surface area contributed by atoms with Crippen LogP contribution in [-0.2, 0) is 4.79 Å². The summed E-state index contributed by atoms with van der Waals surface area (Å²) in [5.41, 5.74) is 2.38. The van der Waals surface area contributed by atoms with E-state index < -0.39 is 0 Å². The predicted molar refractivity (Wildman–Crippen MR) is 40.8 cm³/mol. The van der Waals surface area contributed by atoms with Gasteiger partial charge in [0.1, 0.15) is 6.79 Å². The van der Waals surface area contributed by atoms with Crippen LogP contribution in [0.15, 0.2) is 18.3 Å². The lowest BCUT2D eigenvalue weighted by molar-refractivity contribution is -0.0979. The Balaban J connectivity index is 0.000000371. The predicted octanol–water partition coefficient (Wildman–Crippen LogP) is 1.51. The Kier molecular flexibility index (Phi) is 4.12. The van der Waals surface area contributed by atoms with Gasteiger partial charge in [-0.15, -0.1) is 0 Å².